The molecular weight excluding hydrogens is 608 g/mol. The summed E-state index contributed by atoms with van der Waals surface area (Å²) in [6.45, 7) is 5.37. The van der Waals surface area contributed by atoms with Crippen LogP contribution in [0.25, 0.3) is 22.2 Å². The fraction of sp³-hybridized carbons (Fsp3) is 0.200. The summed E-state index contributed by atoms with van der Waals surface area (Å²) >= 11 is 0. The largest absolute Gasteiger partial charge is 0.463 e. The molecule has 0 aliphatic rings. The standard InChI is InChI=1S/C18H17NO5.C17H15NO5.2H2/c1-11(2)18(23-16(20)12-6-4-3-5-7-12)24-17(21)14-10-15-13(19-14)8-9-22-15;1-2-15(22-16(19)11-6-4-3-5-7-11)23-17(20)13-10-14-12(18-13)8-9-21-14;;/h3-11,18-19H,1-2H3;3-10,15,18H,2H2,1H3;2*1H. The molecule has 0 spiro atoms. The summed E-state index contributed by atoms with van der Waals surface area (Å²) < 4.78 is 31.5. The maximum atomic E-state index is 12.3. The molecule has 2 aromatic carbocycles. The highest BCUT2D eigenvalue weighted by Gasteiger charge is 2.25. The van der Waals surface area contributed by atoms with Crippen LogP contribution in [-0.4, -0.2) is 46.4 Å². The SMILES string of the molecule is CC(C)C(OC(=O)c1ccccc1)OC(=O)c1cc2occc2[nH]1.CCC(OC(=O)c1ccccc1)OC(=O)c1cc2occc2[nH]1.[HH].[HH]. The number of aromatic nitrogens is 2. The molecule has 2 unspecified atom stereocenters. The van der Waals surface area contributed by atoms with Gasteiger partial charge in [-0.3, -0.25) is 0 Å². The Morgan fingerprint density at radius 3 is 1.51 bits per heavy atom. The average molecular weight is 645 g/mol. The lowest BCUT2D eigenvalue weighted by Gasteiger charge is -2.21. The van der Waals surface area contributed by atoms with Crippen LogP contribution < -0.4 is 0 Å². The summed E-state index contributed by atoms with van der Waals surface area (Å²) in [5.74, 6) is -2.49. The molecule has 0 aliphatic heterocycles. The van der Waals surface area contributed by atoms with E-state index in [1.165, 1.54) is 12.5 Å². The van der Waals surface area contributed by atoms with Crippen LogP contribution in [0.1, 0.15) is 71.7 Å². The van der Waals surface area contributed by atoms with Crippen molar-refractivity contribution in [3.05, 3.63) is 120 Å². The lowest BCUT2D eigenvalue weighted by molar-refractivity contribution is -0.102. The zero-order valence-corrected chi connectivity index (χ0v) is 25.8. The number of ether oxygens (including phenoxy) is 4. The highest BCUT2D eigenvalue weighted by Crippen LogP contribution is 2.20. The van der Waals surface area contributed by atoms with Gasteiger partial charge in [0.15, 0.2) is 11.2 Å². The second-order valence-corrected chi connectivity index (χ2v) is 10.6. The number of carbonyl (C=O) groups excluding carboxylic acids is 4. The molecule has 12 nitrogen and oxygen atoms in total. The van der Waals surface area contributed by atoms with Gasteiger partial charge in [-0.05, 0) is 24.3 Å². The molecule has 0 amide bonds. The molecule has 2 N–H and O–H groups in total. The minimum Gasteiger partial charge on any atom is -0.463 e. The van der Waals surface area contributed by atoms with Crippen molar-refractivity contribution in [2.24, 2.45) is 5.92 Å². The predicted octanol–water partition coefficient (Wildman–Crippen LogP) is 7.76. The van der Waals surface area contributed by atoms with E-state index >= 15 is 0 Å². The molecule has 4 aromatic heterocycles. The average Bonchev–Trinajstić information content (AvgIpc) is 3.87. The van der Waals surface area contributed by atoms with Crippen molar-refractivity contribution in [2.45, 2.75) is 39.8 Å². The van der Waals surface area contributed by atoms with Crippen molar-refractivity contribution in [3.63, 3.8) is 0 Å². The molecule has 0 aliphatic carbocycles. The monoisotopic (exact) mass is 644 g/mol. The van der Waals surface area contributed by atoms with Crippen LogP contribution in [0.3, 0.4) is 0 Å². The number of benzene rings is 2. The van der Waals surface area contributed by atoms with Crippen LogP contribution in [-0.2, 0) is 18.9 Å². The van der Waals surface area contributed by atoms with Gasteiger partial charge in [0.1, 0.15) is 11.4 Å². The fourth-order valence-electron chi connectivity index (χ4n) is 4.26. The Morgan fingerprint density at radius 1 is 0.638 bits per heavy atom. The molecule has 0 saturated carbocycles. The lowest BCUT2D eigenvalue weighted by Crippen LogP contribution is -2.29. The fourth-order valence-corrected chi connectivity index (χ4v) is 4.26. The smallest absolute Gasteiger partial charge is 0.357 e. The number of fused-ring (bicyclic) bond motifs is 2. The molecule has 4 heterocycles. The van der Waals surface area contributed by atoms with Crippen LogP contribution in [0.5, 0.6) is 0 Å². The first-order chi connectivity index (χ1) is 22.7. The van der Waals surface area contributed by atoms with Gasteiger partial charge in [0.25, 0.3) is 0 Å². The van der Waals surface area contributed by atoms with Gasteiger partial charge in [0.2, 0.25) is 12.6 Å². The molecule has 12 heteroatoms. The molecular formula is C35H36N2O10. The Hall–Kier alpha value is -6.04. The normalized spacial score (nSPS) is 12.2. The first-order valence-electron chi connectivity index (χ1n) is 14.8. The molecule has 0 radical (unpaired) electrons. The van der Waals surface area contributed by atoms with Crippen LogP contribution in [0.15, 0.2) is 106 Å². The van der Waals surface area contributed by atoms with Crippen molar-refractivity contribution in [1.82, 2.24) is 9.97 Å². The van der Waals surface area contributed by atoms with Gasteiger partial charge in [-0.25, -0.2) is 19.2 Å². The van der Waals surface area contributed by atoms with E-state index in [1.54, 1.807) is 106 Å². The number of carbonyl (C=O) groups is 4. The van der Waals surface area contributed by atoms with Gasteiger partial charge in [-0.2, -0.15) is 0 Å². The van der Waals surface area contributed by atoms with E-state index in [9.17, 15) is 19.2 Å². The molecule has 2 atom stereocenters. The zero-order valence-electron chi connectivity index (χ0n) is 25.8. The predicted molar refractivity (Wildman–Crippen MR) is 173 cm³/mol. The van der Waals surface area contributed by atoms with Crippen molar-refractivity contribution < 1.29 is 49.8 Å². The summed E-state index contributed by atoms with van der Waals surface area (Å²) in [5, 5.41) is 0. The van der Waals surface area contributed by atoms with Gasteiger partial charge in [0.05, 0.1) is 34.7 Å². The third-order valence-corrected chi connectivity index (χ3v) is 6.74. The van der Waals surface area contributed by atoms with E-state index in [0.29, 0.717) is 39.7 Å². The summed E-state index contributed by atoms with van der Waals surface area (Å²) in [6, 6.07) is 23.6. The highest BCUT2D eigenvalue weighted by atomic mass is 16.7. The van der Waals surface area contributed by atoms with Gasteiger partial charge >= 0.3 is 23.9 Å². The Bertz CT molecular complexity index is 1900. The summed E-state index contributed by atoms with van der Waals surface area (Å²) in [7, 11) is 0. The Kier molecular flexibility index (Phi) is 10.2. The quantitative estimate of drug-likeness (QED) is 0.111. The topological polar surface area (TPSA) is 163 Å². The number of H-pyrrole nitrogens is 2. The molecule has 47 heavy (non-hydrogen) atoms. The van der Waals surface area contributed by atoms with Crippen molar-refractivity contribution in [3.8, 4) is 0 Å². The minimum absolute atomic E-state index is 0. The van der Waals surface area contributed by atoms with Crippen molar-refractivity contribution in [2.75, 3.05) is 0 Å². The number of hydrogen-bond donors (Lipinski definition) is 2. The third-order valence-electron chi connectivity index (χ3n) is 6.74. The van der Waals surface area contributed by atoms with Crippen LogP contribution >= 0.6 is 0 Å². The van der Waals surface area contributed by atoms with Gasteiger partial charge in [-0.15, -0.1) is 0 Å². The van der Waals surface area contributed by atoms with Crippen LogP contribution in [0.2, 0.25) is 0 Å². The molecule has 0 fully saturated rings. The highest BCUT2D eigenvalue weighted by molar-refractivity contribution is 5.94. The van der Waals surface area contributed by atoms with E-state index in [-0.39, 0.29) is 20.2 Å². The zero-order chi connectivity index (χ0) is 33.3. The maximum absolute atomic E-state index is 12.3. The number of hydrogen-bond acceptors (Lipinski definition) is 10. The number of rotatable bonds is 10. The van der Waals surface area contributed by atoms with Crippen LogP contribution in [0, 0.1) is 5.92 Å². The van der Waals surface area contributed by atoms with Crippen molar-refractivity contribution in [1.29, 1.82) is 0 Å². The molecule has 6 aromatic rings. The Labute approximate surface area is 271 Å². The molecule has 0 saturated heterocycles. The number of esters is 4. The second kappa shape index (κ2) is 14.8. The number of nitrogens with one attached hydrogen (secondary N) is 2. The summed E-state index contributed by atoms with van der Waals surface area (Å²) in [4.78, 5) is 54.3. The summed E-state index contributed by atoms with van der Waals surface area (Å²) in [5.41, 5.74) is 3.81. The van der Waals surface area contributed by atoms with E-state index in [2.05, 4.69) is 9.97 Å². The maximum Gasteiger partial charge on any atom is 0.357 e. The first kappa shape index (κ1) is 32.4. The van der Waals surface area contributed by atoms with E-state index in [0.717, 1.165) is 0 Å². The number of furan rings is 2. The third kappa shape index (κ3) is 8.17. The van der Waals surface area contributed by atoms with E-state index in [1.807, 2.05) is 0 Å². The molecule has 6 rings (SSSR count). The second-order valence-electron chi connectivity index (χ2n) is 10.6. The number of aromatic amines is 2. The van der Waals surface area contributed by atoms with E-state index < -0.39 is 36.5 Å². The minimum atomic E-state index is -0.986. The lowest BCUT2D eigenvalue weighted by atomic mass is 10.2. The van der Waals surface area contributed by atoms with Gasteiger partial charge in [-0.1, -0.05) is 57.2 Å². The van der Waals surface area contributed by atoms with Crippen molar-refractivity contribution >= 4 is 46.1 Å². The first-order valence-corrected chi connectivity index (χ1v) is 14.8. The Balaban J connectivity index is 0.000000255. The van der Waals surface area contributed by atoms with Crippen LogP contribution in [0.4, 0.5) is 0 Å². The Morgan fingerprint density at radius 2 is 1.06 bits per heavy atom. The van der Waals surface area contributed by atoms with Gasteiger partial charge in [0, 0.05) is 39.5 Å². The molecule has 0 bridgehead atoms. The molecule has 246 valence electrons. The van der Waals surface area contributed by atoms with Gasteiger partial charge < -0.3 is 37.7 Å². The van der Waals surface area contributed by atoms with E-state index in [4.69, 9.17) is 27.8 Å². The summed E-state index contributed by atoms with van der Waals surface area (Å²) in [6.07, 6.45) is 1.45.